The lowest BCUT2D eigenvalue weighted by atomic mass is 10.2. The van der Waals surface area contributed by atoms with Crippen molar-refractivity contribution >= 4 is 28.9 Å². The molecular weight excluding hydrogens is 355 g/mol. The molecule has 0 aromatic heterocycles. The fourth-order valence-corrected chi connectivity index (χ4v) is 2.08. The van der Waals surface area contributed by atoms with E-state index in [2.05, 4.69) is 5.32 Å². The summed E-state index contributed by atoms with van der Waals surface area (Å²) in [6.45, 7) is -2.42. The van der Waals surface area contributed by atoms with Gasteiger partial charge in [0.05, 0.1) is 18.0 Å². The Hall–Kier alpha value is -1.91. The molecule has 2 N–H and O–H groups in total. The molecule has 0 unspecified atom stereocenters. The van der Waals surface area contributed by atoms with Crippen molar-refractivity contribution < 1.29 is 28.0 Å². The summed E-state index contributed by atoms with van der Waals surface area (Å²) < 4.78 is 37.5. The summed E-state index contributed by atoms with van der Waals surface area (Å²) in [5.41, 5.74) is -0.628. The molecular formula is C13H15ClF3N3O4. The summed E-state index contributed by atoms with van der Waals surface area (Å²) in [6.07, 6.45) is -4.45. The van der Waals surface area contributed by atoms with Crippen molar-refractivity contribution in [1.29, 1.82) is 0 Å². The average molecular weight is 370 g/mol. The zero-order valence-corrected chi connectivity index (χ0v) is 13.1. The number of nitro groups is 1. The lowest BCUT2D eigenvalue weighted by molar-refractivity contribution is -0.383. The van der Waals surface area contributed by atoms with Gasteiger partial charge in [0.25, 0.3) is 5.69 Å². The molecule has 0 aliphatic rings. The van der Waals surface area contributed by atoms with Crippen LogP contribution in [-0.2, 0) is 4.79 Å². The Kier molecular flexibility index (Phi) is 7.39. The van der Waals surface area contributed by atoms with E-state index in [1.54, 1.807) is 0 Å². The van der Waals surface area contributed by atoms with Crippen molar-refractivity contribution in [2.24, 2.45) is 0 Å². The summed E-state index contributed by atoms with van der Waals surface area (Å²) in [6, 6.07) is 3.53. The Morgan fingerprint density at radius 1 is 1.42 bits per heavy atom. The number of benzene rings is 1. The maximum absolute atomic E-state index is 12.5. The lowest BCUT2D eigenvalue weighted by Crippen LogP contribution is -2.40. The third-order valence-corrected chi connectivity index (χ3v) is 3.07. The van der Waals surface area contributed by atoms with Gasteiger partial charge in [-0.15, -0.1) is 0 Å². The number of hydrogen-bond donors (Lipinski definition) is 2. The summed E-state index contributed by atoms with van der Waals surface area (Å²) in [4.78, 5) is 22.8. The van der Waals surface area contributed by atoms with Crippen LogP contribution in [-0.4, -0.2) is 53.3 Å². The first-order chi connectivity index (χ1) is 11.1. The highest BCUT2D eigenvalue weighted by Crippen LogP contribution is 2.27. The van der Waals surface area contributed by atoms with Crippen LogP contribution < -0.4 is 5.32 Å². The predicted molar refractivity (Wildman–Crippen MR) is 80.9 cm³/mol. The van der Waals surface area contributed by atoms with Crippen LogP contribution in [0.5, 0.6) is 0 Å². The third kappa shape index (κ3) is 7.11. The van der Waals surface area contributed by atoms with E-state index in [-0.39, 0.29) is 30.3 Å². The molecule has 0 spiro atoms. The van der Waals surface area contributed by atoms with Gasteiger partial charge in [-0.2, -0.15) is 13.2 Å². The first kappa shape index (κ1) is 20.1. The van der Waals surface area contributed by atoms with Gasteiger partial charge in [0.2, 0.25) is 5.91 Å². The van der Waals surface area contributed by atoms with Gasteiger partial charge in [0.1, 0.15) is 5.69 Å². The molecule has 0 aliphatic heterocycles. The zero-order valence-electron chi connectivity index (χ0n) is 12.3. The Labute approximate surface area is 140 Å². The highest BCUT2D eigenvalue weighted by Gasteiger charge is 2.31. The largest absolute Gasteiger partial charge is 0.401 e. The van der Waals surface area contributed by atoms with Crippen LogP contribution in [0.1, 0.15) is 6.42 Å². The van der Waals surface area contributed by atoms with Gasteiger partial charge in [-0.05, 0) is 18.6 Å². The van der Waals surface area contributed by atoms with Crippen LogP contribution >= 0.6 is 11.6 Å². The minimum Gasteiger partial charge on any atom is -0.396 e. The molecule has 24 heavy (non-hydrogen) atoms. The number of amides is 1. The molecule has 134 valence electrons. The maximum Gasteiger partial charge on any atom is 0.401 e. The molecule has 7 nitrogen and oxygen atoms in total. The van der Waals surface area contributed by atoms with Crippen LogP contribution in [0.4, 0.5) is 24.5 Å². The number of rotatable bonds is 8. The topological polar surface area (TPSA) is 95.7 Å². The monoisotopic (exact) mass is 369 g/mol. The normalized spacial score (nSPS) is 11.6. The molecule has 0 saturated heterocycles. The van der Waals surface area contributed by atoms with E-state index in [9.17, 15) is 28.1 Å². The standard InChI is InChI=1S/C13H15ClF3N3O4/c14-9-2-3-10(11(6-9)20(23)24)18-12(22)7-19(4-1-5-21)8-13(15,16)17/h2-3,6,21H,1,4-5,7-8H2,(H,18,22). The Balaban J connectivity index is 2.80. The van der Waals surface area contributed by atoms with Crippen molar-refractivity contribution in [3.8, 4) is 0 Å². The van der Waals surface area contributed by atoms with Crippen LogP contribution in [0.15, 0.2) is 18.2 Å². The molecule has 1 rings (SSSR count). The molecule has 0 aliphatic carbocycles. The summed E-state index contributed by atoms with van der Waals surface area (Å²) in [5.74, 6) is -0.845. The highest BCUT2D eigenvalue weighted by molar-refractivity contribution is 6.31. The summed E-state index contributed by atoms with van der Waals surface area (Å²) in [7, 11) is 0. The van der Waals surface area contributed by atoms with Gasteiger partial charge in [0, 0.05) is 24.2 Å². The first-order valence-electron chi connectivity index (χ1n) is 6.76. The number of nitrogens with one attached hydrogen (secondary N) is 1. The van der Waals surface area contributed by atoms with Crippen molar-refractivity contribution in [1.82, 2.24) is 4.90 Å². The summed E-state index contributed by atoms with van der Waals surface area (Å²) in [5, 5.41) is 21.9. The number of carbonyl (C=O) groups is 1. The third-order valence-electron chi connectivity index (χ3n) is 2.83. The number of aliphatic hydroxyl groups is 1. The van der Waals surface area contributed by atoms with Crippen molar-refractivity contribution in [3.63, 3.8) is 0 Å². The van der Waals surface area contributed by atoms with E-state index in [1.165, 1.54) is 12.1 Å². The number of carbonyl (C=O) groups excluding carboxylic acids is 1. The lowest BCUT2D eigenvalue weighted by Gasteiger charge is -2.22. The molecule has 0 fully saturated rings. The van der Waals surface area contributed by atoms with Gasteiger partial charge in [0.15, 0.2) is 0 Å². The van der Waals surface area contributed by atoms with Gasteiger partial charge >= 0.3 is 6.18 Å². The van der Waals surface area contributed by atoms with Gasteiger partial charge in [-0.25, -0.2) is 0 Å². The van der Waals surface area contributed by atoms with Gasteiger partial charge in [-0.3, -0.25) is 19.8 Å². The van der Waals surface area contributed by atoms with E-state index >= 15 is 0 Å². The minimum absolute atomic E-state index is 0.0600. The van der Waals surface area contributed by atoms with Crippen LogP contribution in [0.2, 0.25) is 5.02 Å². The average Bonchev–Trinajstić information content (AvgIpc) is 2.44. The quantitative estimate of drug-likeness (QED) is 0.542. The number of nitro benzene ring substituents is 1. The second kappa shape index (κ2) is 8.81. The molecule has 1 amide bonds. The molecule has 0 saturated carbocycles. The van der Waals surface area contributed by atoms with Crippen molar-refractivity contribution in [3.05, 3.63) is 33.3 Å². The Bertz CT molecular complexity index is 598. The van der Waals surface area contributed by atoms with Crippen LogP contribution in [0.25, 0.3) is 0 Å². The second-order valence-electron chi connectivity index (χ2n) is 4.87. The fraction of sp³-hybridized carbons (Fsp3) is 0.462. The highest BCUT2D eigenvalue weighted by atomic mass is 35.5. The number of hydrogen-bond acceptors (Lipinski definition) is 5. The zero-order chi connectivity index (χ0) is 18.3. The van der Waals surface area contributed by atoms with Crippen LogP contribution in [0.3, 0.4) is 0 Å². The number of alkyl halides is 3. The molecule has 0 heterocycles. The van der Waals surface area contributed by atoms with E-state index in [1.807, 2.05) is 0 Å². The maximum atomic E-state index is 12.5. The van der Waals surface area contributed by atoms with E-state index in [4.69, 9.17) is 16.7 Å². The molecule has 11 heteroatoms. The number of aliphatic hydroxyl groups excluding tert-OH is 1. The smallest absolute Gasteiger partial charge is 0.396 e. The first-order valence-corrected chi connectivity index (χ1v) is 7.14. The Morgan fingerprint density at radius 2 is 2.08 bits per heavy atom. The van der Waals surface area contributed by atoms with Crippen molar-refractivity contribution in [2.75, 3.05) is 31.6 Å². The van der Waals surface area contributed by atoms with E-state index in [0.717, 1.165) is 11.0 Å². The fourth-order valence-electron chi connectivity index (χ4n) is 1.92. The predicted octanol–water partition coefficient (Wildman–Crippen LogP) is 2.43. The molecule has 1 aromatic carbocycles. The molecule has 0 bridgehead atoms. The van der Waals surface area contributed by atoms with Gasteiger partial charge < -0.3 is 10.4 Å². The summed E-state index contributed by atoms with van der Waals surface area (Å²) >= 11 is 5.64. The SMILES string of the molecule is O=C(CN(CCCO)CC(F)(F)F)Nc1ccc(Cl)cc1[N+](=O)[O-]. The molecule has 0 radical (unpaired) electrons. The van der Waals surface area contributed by atoms with E-state index in [0.29, 0.717) is 0 Å². The molecule has 0 atom stereocenters. The minimum atomic E-state index is -4.51. The van der Waals surface area contributed by atoms with Crippen LogP contribution in [0, 0.1) is 10.1 Å². The van der Waals surface area contributed by atoms with Crippen molar-refractivity contribution in [2.45, 2.75) is 12.6 Å². The number of halogens is 4. The second-order valence-corrected chi connectivity index (χ2v) is 5.31. The number of anilines is 1. The van der Waals surface area contributed by atoms with E-state index < -0.39 is 35.8 Å². The Morgan fingerprint density at radius 3 is 2.62 bits per heavy atom. The van der Waals surface area contributed by atoms with Gasteiger partial charge in [-0.1, -0.05) is 11.6 Å². The number of nitrogens with zero attached hydrogens (tertiary/aromatic N) is 2. The molecule has 1 aromatic rings.